The maximum atomic E-state index is 12.6. The number of carbonyl (C=O) groups excluding carboxylic acids is 2. The molecule has 0 radical (unpaired) electrons. The van der Waals surface area contributed by atoms with Crippen LogP contribution >= 0.6 is 0 Å². The average Bonchev–Trinajstić information content (AvgIpc) is 2.71. The molecule has 1 aromatic heterocycles. The Morgan fingerprint density at radius 1 is 1.11 bits per heavy atom. The molecular formula is C21H24N2O4. The summed E-state index contributed by atoms with van der Waals surface area (Å²) in [5.74, 6) is -0.226. The van der Waals surface area contributed by atoms with Gasteiger partial charge in [-0.2, -0.15) is 0 Å². The molecule has 4 rings (SSSR count). The number of nitrogens with zero attached hydrogens (tertiary/aromatic N) is 1. The minimum absolute atomic E-state index is 0.0701. The monoisotopic (exact) mass is 368 g/mol. The Morgan fingerprint density at radius 2 is 1.89 bits per heavy atom. The number of esters is 1. The summed E-state index contributed by atoms with van der Waals surface area (Å²) in [4.78, 5) is 41.6. The van der Waals surface area contributed by atoms with Gasteiger partial charge in [0, 0.05) is 18.0 Å². The van der Waals surface area contributed by atoms with E-state index in [0.717, 1.165) is 25.8 Å². The zero-order chi connectivity index (χ0) is 18.8. The predicted molar refractivity (Wildman–Crippen MR) is 102 cm³/mol. The number of hydrogen-bond acceptors (Lipinski definition) is 4. The number of piperidine rings is 1. The molecule has 2 fully saturated rings. The van der Waals surface area contributed by atoms with Crippen LogP contribution in [0.1, 0.15) is 49.0 Å². The van der Waals surface area contributed by atoms with Crippen molar-refractivity contribution in [1.82, 2.24) is 9.88 Å². The molecule has 2 atom stereocenters. The number of pyridine rings is 1. The van der Waals surface area contributed by atoms with Gasteiger partial charge in [0.05, 0.1) is 0 Å². The Hall–Kier alpha value is -2.63. The second-order valence-electron chi connectivity index (χ2n) is 7.52. The van der Waals surface area contributed by atoms with Crippen molar-refractivity contribution in [3.8, 4) is 0 Å². The van der Waals surface area contributed by atoms with E-state index in [-0.39, 0.29) is 23.8 Å². The largest absolute Gasteiger partial charge is 0.451 e. The number of ether oxygens (including phenoxy) is 1. The van der Waals surface area contributed by atoms with E-state index in [2.05, 4.69) is 4.98 Å². The van der Waals surface area contributed by atoms with Gasteiger partial charge in [0.25, 0.3) is 11.5 Å². The first-order valence-electron chi connectivity index (χ1n) is 9.72. The van der Waals surface area contributed by atoms with E-state index in [1.54, 1.807) is 30.3 Å². The molecule has 1 saturated heterocycles. The van der Waals surface area contributed by atoms with E-state index in [1.807, 2.05) is 4.90 Å². The molecule has 6 heteroatoms. The number of amides is 1. The number of H-pyrrole nitrogens is 1. The number of likely N-dealkylation sites (tertiary alicyclic amines) is 1. The van der Waals surface area contributed by atoms with Gasteiger partial charge in [-0.1, -0.05) is 31.0 Å². The van der Waals surface area contributed by atoms with Crippen LogP contribution in [0.15, 0.2) is 35.1 Å². The van der Waals surface area contributed by atoms with E-state index >= 15 is 0 Å². The number of rotatable bonds is 3. The van der Waals surface area contributed by atoms with Crippen LogP contribution in [-0.2, 0) is 9.53 Å². The second kappa shape index (κ2) is 7.55. The Morgan fingerprint density at radius 3 is 2.78 bits per heavy atom. The first kappa shape index (κ1) is 17.8. The summed E-state index contributed by atoms with van der Waals surface area (Å²) in [6.45, 7) is 0.460. The maximum Gasteiger partial charge on any atom is 0.355 e. The van der Waals surface area contributed by atoms with Crippen molar-refractivity contribution in [3.05, 3.63) is 46.4 Å². The van der Waals surface area contributed by atoms with Crippen LogP contribution in [0.4, 0.5) is 0 Å². The van der Waals surface area contributed by atoms with Crippen molar-refractivity contribution in [2.75, 3.05) is 13.2 Å². The minimum Gasteiger partial charge on any atom is -0.451 e. The molecule has 2 heterocycles. The summed E-state index contributed by atoms with van der Waals surface area (Å²) in [5.41, 5.74) is -0.270. The molecule has 142 valence electrons. The number of benzene rings is 1. The quantitative estimate of drug-likeness (QED) is 0.845. The first-order valence-corrected chi connectivity index (χ1v) is 9.72. The zero-order valence-electron chi connectivity index (χ0n) is 15.3. The van der Waals surface area contributed by atoms with Gasteiger partial charge in [-0.15, -0.1) is 0 Å². The van der Waals surface area contributed by atoms with Crippen LogP contribution in [0.25, 0.3) is 10.8 Å². The van der Waals surface area contributed by atoms with Gasteiger partial charge in [0.1, 0.15) is 5.69 Å². The average molecular weight is 368 g/mol. The minimum atomic E-state index is -0.677. The van der Waals surface area contributed by atoms with Crippen LogP contribution in [0.3, 0.4) is 0 Å². The third kappa shape index (κ3) is 3.61. The highest BCUT2D eigenvalue weighted by molar-refractivity contribution is 5.94. The molecule has 1 amide bonds. The highest BCUT2D eigenvalue weighted by Gasteiger charge is 2.35. The molecule has 1 aromatic carbocycles. The van der Waals surface area contributed by atoms with E-state index in [9.17, 15) is 14.4 Å². The molecule has 1 aliphatic carbocycles. The third-order valence-corrected chi connectivity index (χ3v) is 5.86. The van der Waals surface area contributed by atoms with Gasteiger partial charge in [0.2, 0.25) is 0 Å². The highest BCUT2D eigenvalue weighted by Crippen LogP contribution is 2.35. The molecule has 0 bridgehead atoms. The predicted octanol–water partition coefficient (Wildman–Crippen LogP) is 2.87. The SMILES string of the molecule is O=C(OCC(=O)N1CCC[C@@H]2CCCC[C@@H]21)c1cc2ccccc2c(=O)[nH]1. The van der Waals surface area contributed by atoms with E-state index < -0.39 is 5.97 Å². The summed E-state index contributed by atoms with van der Waals surface area (Å²) in [6.07, 6.45) is 6.83. The number of aromatic amines is 1. The standard InChI is InChI=1S/C21H24N2O4/c24-19(23-11-5-8-14-6-2-4-10-18(14)23)13-27-21(26)17-12-15-7-1-3-9-16(15)20(25)22-17/h1,3,7,9,12,14,18H,2,4-6,8,10-11,13H2,(H,22,25)/t14-,18-/m0/s1. The van der Waals surface area contributed by atoms with Gasteiger partial charge in [-0.05, 0) is 49.1 Å². The summed E-state index contributed by atoms with van der Waals surface area (Å²) in [5, 5.41) is 1.18. The van der Waals surface area contributed by atoms with Crippen LogP contribution in [0, 0.1) is 5.92 Å². The highest BCUT2D eigenvalue weighted by atomic mass is 16.5. The Labute approximate surface area is 157 Å². The maximum absolute atomic E-state index is 12.6. The van der Waals surface area contributed by atoms with Crippen molar-refractivity contribution in [1.29, 1.82) is 0 Å². The van der Waals surface area contributed by atoms with Gasteiger partial charge in [-0.25, -0.2) is 4.79 Å². The smallest absolute Gasteiger partial charge is 0.355 e. The van der Waals surface area contributed by atoms with E-state index in [4.69, 9.17) is 4.74 Å². The molecule has 2 aromatic rings. The van der Waals surface area contributed by atoms with Crippen molar-refractivity contribution >= 4 is 22.6 Å². The number of hydrogen-bond donors (Lipinski definition) is 1. The topological polar surface area (TPSA) is 79.5 Å². The summed E-state index contributed by atoms with van der Waals surface area (Å²) >= 11 is 0. The normalized spacial score (nSPS) is 22.3. The Balaban J connectivity index is 1.43. The summed E-state index contributed by atoms with van der Waals surface area (Å²) < 4.78 is 5.23. The lowest BCUT2D eigenvalue weighted by atomic mass is 9.78. The molecule has 27 heavy (non-hydrogen) atoms. The second-order valence-corrected chi connectivity index (χ2v) is 7.52. The fraction of sp³-hybridized carbons (Fsp3) is 0.476. The number of nitrogens with one attached hydrogen (secondary N) is 1. The van der Waals surface area contributed by atoms with E-state index in [0.29, 0.717) is 22.7 Å². The molecule has 1 aliphatic heterocycles. The van der Waals surface area contributed by atoms with Crippen molar-refractivity contribution in [3.63, 3.8) is 0 Å². The molecule has 6 nitrogen and oxygen atoms in total. The fourth-order valence-electron chi connectivity index (χ4n) is 4.54. The van der Waals surface area contributed by atoms with Crippen LogP contribution < -0.4 is 5.56 Å². The van der Waals surface area contributed by atoms with Gasteiger partial charge in [-0.3, -0.25) is 9.59 Å². The zero-order valence-corrected chi connectivity index (χ0v) is 15.3. The van der Waals surface area contributed by atoms with Gasteiger partial charge in [0.15, 0.2) is 6.61 Å². The summed E-state index contributed by atoms with van der Waals surface area (Å²) in [7, 11) is 0. The molecular weight excluding hydrogens is 344 g/mol. The van der Waals surface area contributed by atoms with Crippen LogP contribution in [0.2, 0.25) is 0 Å². The lowest BCUT2D eigenvalue weighted by molar-refractivity contribution is -0.140. The lowest BCUT2D eigenvalue weighted by Gasteiger charge is -2.44. The van der Waals surface area contributed by atoms with Crippen molar-refractivity contribution in [2.24, 2.45) is 5.92 Å². The van der Waals surface area contributed by atoms with E-state index in [1.165, 1.54) is 19.3 Å². The number of fused-ring (bicyclic) bond motifs is 2. The van der Waals surface area contributed by atoms with Crippen molar-refractivity contribution in [2.45, 2.75) is 44.6 Å². The molecule has 1 saturated carbocycles. The molecule has 0 spiro atoms. The molecule has 1 N–H and O–H groups in total. The fourth-order valence-corrected chi connectivity index (χ4v) is 4.54. The lowest BCUT2D eigenvalue weighted by Crippen LogP contribution is -2.50. The Kier molecular flexibility index (Phi) is 4.97. The number of aromatic nitrogens is 1. The molecule has 2 aliphatic rings. The van der Waals surface area contributed by atoms with Gasteiger partial charge >= 0.3 is 5.97 Å². The van der Waals surface area contributed by atoms with Crippen molar-refractivity contribution < 1.29 is 14.3 Å². The summed E-state index contributed by atoms with van der Waals surface area (Å²) in [6, 6.07) is 8.91. The third-order valence-electron chi connectivity index (χ3n) is 5.86. The molecule has 0 unspecified atom stereocenters. The number of carbonyl (C=O) groups is 2. The Bertz CT molecular complexity index is 918. The first-order chi connectivity index (χ1) is 13.1. The van der Waals surface area contributed by atoms with Gasteiger partial charge < -0.3 is 14.6 Å². The van der Waals surface area contributed by atoms with Crippen LogP contribution in [-0.4, -0.2) is 41.0 Å². The van der Waals surface area contributed by atoms with Crippen LogP contribution in [0.5, 0.6) is 0 Å².